The number of hydrogen-bond acceptors (Lipinski definition) is 5. The van der Waals surface area contributed by atoms with Crippen LogP contribution in [0.5, 0.6) is 0 Å². The zero-order valence-corrected chi connectivity index (χ0v) is 18.5. The minimum absolute atomic E-state index is 0.143. The SMILES string of the molecule is Cc1ccc(S(=O)(=O)Nc2ccccc2F)cc1C(=O)Nc1ccc(-c2nccs2)cc1. The Kier molecular flexibility index (Phi) is 6.02. The summed E-state index contributed by atoms with van der Waals surface area (Å²) in [6, 6.07) is 16.9. The van der Waals surface area contributed by atoms with Gasteiger partial charge in [-0.2, -0.15) is 0 Å². The number of amides is 1. The summed E-state index contributed by atoms with van der Waals surface area (Å²) >= 11 is 1.52. The Labute approximate surface area is 188 Å². The number of aryl methyl sites for hydroxylation is 1. The zero-order valence-electron chi connectivity index (χ0n) is 16.9. The fraction of sp³-hybridized carbons (Fsp3) is 0.0435. The average molecular weight is 468 g/mol. The molecule has 0 unspecified atom stereocenters. The number of rotatable bonds is 6. The highest BCUT2D eigenvalue weighted by atomic mass is 32.2. The number of halogens is 1. The third-order valence-electron chi connectivity index (χ3n) is 4.70. The summed E-state index contributed by atoms with van der Waals surface area (Å²) in [5.74, 6) is -1.14. The van der Waals surface area contributed by atoms with Crippen LogP contribution in [0.3, 0.4) is 0 Å². The molecule has 9 heteroatoms. The van der Waals surface area contributed by atoms with E-state index in [0.717, 1.165) is 16.6 Å². The third-order valence-corrected chi connectivity index (χ3v) is 6.89. The number of nitrogens with zero attached hydrogens (tertiary/aromatic N) is 1. The van der Waals surface area contributed by atoms with Gasteiger partial charge in [0.25, 0.3) is 15.9 Å². The molecule has 0 radical (unpaired) electrons. The third kappa shape index (κ3) is 4.68. The molecule has 0 aliphatic rings. The van der Waals surface area contributed by atoms with Gasteiger partial charge in [0.15, 0.2) is 0 Å². The molecule has 0 spiro atoms. The standard InChI is InChI=1S/C23H18FN3O3S2/c1-15-6-11-18(32(29,30)27-21-5-3-2-4-20(21)24)14-19(15)22(28)26-17-9-7-16(8-10-17)23-25-12-13-31-23/h2-14,27H,1H3,(H,26,28). The first kappa shape index (κ1) is 21.7. The van der Waals surface area contributed by atoms with Gasteiger partial charge in [0.2, 0.25) is 0 Å². The second-order valence-corrected chi connectivity index (χ2v) is 9.51. The molecular weight excluding hydrogens is 449 g/mol. The summed E-state index contributed by atoms with van der Waals surface area (Å²) in [6.07, 6.45) is 1.72. The minimum atomic E-state index is -4.09. The van der Waals surface area contributed by atoms with Crippen LogP contribution in [-0.2, 0) is 10.0 Å². The molecule has 0 saturated heterocycles. The number of nitrogens with one attached hydrogen (secondary N) is 2. The molecular formula is C23H18FN3O3S2. The maximum absolute atomic E-state index is 13.9. The molecule has 0 saturated carbocycles. The van der Waals surface area contributed by atoms with Crippen molar-refractivity contribution in [1.29, 1.82) is 0 Å². The van der Waals surface area contributed by atoms with Crippen molar-refractivity contribution in [2.24, 2.45) is 0 Å². The van der Waals surface area contributed by atoms with Crippen LogP contribution >= 0.6 is 11.3 Å². The molecule has 0 fully saturated rings. The monoisotopic (exact) mass is 467 g/mol. The molecule has 1 aromatic heterocycles. The number of benzene rings is 3. The fourth-order valence-electron chi connectivity index (χ4n) is 3.02. The second-order valence-electron chi connectivity index (χ2n) is 6.93. The lowest BCUT2D eigenvalue weighted by Crippen LogP contribution is -2.17. The highest BCUT2D eigenvalue weighted by molar-refractivity contribution is 7.92. The normalized spacial score (nSPS) is 11.2. The summed E-state index contributed by atoms with van der Waals surface area (Å²) in [5.41, 5.74) is 2.13. The van der Waals surface area contributed by atoms with Gasteiger partial charge in [0, 0.05) is 28.4 Å². The number of carbonyl (C=O) groups excluding carboxylic acids is 1. The van der Waals surface area contributed by atoms with Gasteiger partial charge in [-0.3, -0.25) is 9.52 Å². The van der Waals surface area contributed by atoms with Crippen molar-refractivity contribution in [1.82, 2.24) is 4.98 Å². The Morgan fingerprint density at radius 2 is 1.78 bits per heavy atom. The Hall–Kier alpha value is -3.56. The number of hydrogen-bond donors (Lipinski definition) is 2. The van der Waals surface area contributed by atoms with Gasteiger partial charge >= 0.3 is 0 Å². The lowest BCUT2D eigenvalue weighted by molar-refractivity contribution is 0.102. The van der Waals surface area contributed by atoms with Gasteiger partial charge in [-0.25, -0.2) is 17.8 Å². The van der Waals surface area contributed by atoms with E-state index in [-0.39, 0.29) is 16.1 Å². The van der Waals surface area contributed by atoms with E-state index in [1.165, 1.54) is 47.7 Å². The number of anilines is 2. The molecule has 4 aromatic rings. The smallest absolute Gasteiger partial charge is 0.262 e. The lowest BCUT2D eigenvalue weighted by Gasteiger charge is -2.12. The molecule has 0 atom stereocenters. The Morgan fingerprint density at radius 3 is 2.47 bits per heavy atom. The lowest BCUT2D eigenvalue weighted by atomic mass is 10.1. The van der Waals surface area contributed by atoms with E-state index >= 15 is 0 Å². The molecule has 6 nitrogen and oxygen atoms in total. The maximum Gasteiger partial charge on any atom is 0.262 e. The highest BCUT2D eigenvalue weighted by Gasteiger charge is 2.19. The van der Waals surface area contributed by atoms with Crippen molar-refractivity contribution in [3.05, 3.63) is 95.3 Å². The first-order valence-corrected chi connectivity index (χ1v) is 11.9. The summed E-state index contributed by atoms with van der Waals surface area (Å²) in [6.45, 7) is 1.71. The van der Waals surface area contributed by atoms with E-state index in [9.17, 15) is 17.6 Å². The van der Waals surface area contributed by atoms with Crippen LogP contribution in [0.15, 0.2) is 83.2 Å². The van der Waals surface area contributed by atoms with E-state index in [1.807, 2.05) is 17.5 Å². The Balaban J connectivity index is 1.55. The molecule has 3 aromatic carbocycles. The van der Waals surface area contributed by atoms with Crippen LogP contribution in [0.4, 0.5) is 15.8 Å². The van der Waals surface area contributed by atoms with E-state index in [0.29, 0.717) is 11.3 Å². The van der Waals surface area contributed by atoms with E-state index in [4.69, 9.17) is 0 Å². The van der Waals surface area contributed by atoms with Crippen LogP contribution in [0.2, 0.25) is 0 Å². The van der Waals surface area contributed by atoms with Gasteiger partial charge in [0.1, 0.15) is 10.8 Å². The molecule has 1 amide bonds. The molecule has 162 valence electrons. The molecule has 4 rings (SSSR count). The molecule has 0 aliphatic carbocycles. The highest BCUT2D eigenvalue weighted by Crippen LogP contribution is 2.25. The second kappa shape index (κ2) is 8.89. The van der Waals surface area contributed by atoms with Crippen molar-refractivity contribution in [3.63, 3.8) is 0 Å². The number of thiazole rings is 1. The van der Waals surface area contributed by atoms with Crippen molar-refractivity contribution < 1.29 is 17.6 Å². The van der Waals surface area contributed by atoms with Crippen molar-refractivity contribution in [2.75, 3.05) is 10.0 Å². The van der Waals surface area contributed by atoms with Crippen molar-refractivity contribution >= 4 is 38.6 Å². The van der Waals surface area contributed by atoms with Crippen molar-refractivity contribution in [3.8, 4) is 10.6 Å². The van der Waals surface area contributed by atoms with Crippen LogP contribution in [0.25, 0.3) is 10.6 Å². The topological polar surface area (TPSA) is 88.2 Å². The van der Waals surface area contributed by atoms with Gasteiger partial charge in [-0.15, -0.1) is 11.3 Å². The Morgan fingerprint density at radius 1 is 1.03 bits per heavy atom. The van der Waals surface area contributed by atoms with Crippen molar-refractivity contribution in [2.45, 2.75) is 11.8 Å². The molecule has 0 aliphatic heterocycles. The van der Waals surface area contributed by atoms with E-state index in [2.05, 4.69) is 15.0 Å². The molecule has 32 heavy (non-hydrogen) atoms. The maximum atomic E-state index is 13.9. The molecule has 0 bridgehead atoms. The summed E-state index contributed by atoms with van der Waals surface area (Å²) in [5, 5.41) is 5.54. The minimum Gasteiger partial charge on any atom is -0.322 e. The van der Waals surface area contributed by atoms with Gasteiger partial charge < -0.3 is 5.32 Å². The zero-order chi connectivity index (χ0) is 22.7. The first-order chi connectivity index (χ1) is 15.3. The summed E-state index contributed by atoms with van der Waals surface area (Å²) in [7, 11) is -4.09. The van der Waals surface area contributed by atoms with Gasteiger partial charge in [-0.05, 0) is 61.0 Å². The summed E-state index contributed by atoms with van der Waals surface area (Å²) < 4.78 is 41.6. The van der Waals surface area contributed by atoms with Crippen LogP contribution in [0.1, 0.15) is 15.9 Å². The number of para-hydroxylation sites is 1. The molecule has 1 heterocycles. The van der Waals surface area contributed by atoms with Crippen LogP contribution < -0.4 is 10.0 Å². The quantitative estimate of drug-likeness (QED) is 0.402. The van der Waals surface area contributed by atoms with E-state index < -0.39 is 21.7 Å². The van der Waals surface area contributed by atoms with Crippen LogP contribution in [0, 0.1) is 12.7 Å². The number of aromatic nitrogens is 1. The van der Waals surface area contributed by atoms with E-state index in [1.54, 1.807) is 25.3 Å². The van der Waals surface area contributed by atoms with Gasteiger partial charge in [-0.1, -0.05) is 18.2 Å². The predicted octanol–water partition coefficient (Wildman–Crippen LogP) is 5.31. The number of carbonyl (C=O) groups is 1. The summed E-state index contributed by atoms with van der Waals surface area (Å²) in [4.78, 5) is 16.9. The number of sulfonamides is 1. The van der Waals surface area contributed by atoms with Crippen LogP contribution in [-0.4, -0.2) is 19.3 Å². The average Bonchev–Trinajstić information content (AvgIpc) is 3.31. The Bertz CT molecular complexity index is 1370. The van der Waals surface area contributed by atoms with Gasteiger partial charge in [0.05, 0.1) is 10.6 Å². The predicted molar refractivity (Wildman–Crippen MR) is 124 cm³/mol. The first-order valence-electron chi connectivity index (χ1n) is 9.53. The fourth-order valence-corrected chi connectivity index (χ4v) is 4.76. The molecule has 2 N–H and O–H groups in total. The largest absolute Gasteiger partial charge is 0.322 e.